The molecular formula is C13H16F3N3O. The molecule has 1 aromatic heterocycles. The predicted octanol–water partition coefficient (Wildman–Crippen LogP) is 1.85. The smallest absolute Gasteiger partial charge is 0.333 e. The third-order valence-electron chi connectivity index (χ3n) is 3.38. The predicted molar refractivity (Wildman–Crippen MR) is 66.5 cm³/mol. The zero-order valence-corrected chi connectivity index (χ0v) is 11.0. The van der Waals surface area contributed by atoms with E-state index in [0.717, 1.165) is 12.5 Å². The number of pyridine rings is 1. The molecule has 1 aromatic rings. The molecule has 1 unspecified atom stereocenters. The Hall–Kier alpha value is -1.63. The number of hydrogen-bond donors (Lipinski definition) is 1. The van der Waals surface area contributed by atoms with Gasteiger partial charge in [0.15, 0.2) is 5.54 Å². The van der Waals surface area contributed by atoms with E-state index in [-0.39, 0.29) is 12.6 Å². The molecule has 1 heterocycles. The van der Waals surface area contributed by atoms with Crippen LogP contribution in [0.4, 0.5) is 13.2 Å². The number of nitrogens with zero attached hydrogens (tertiary/aromatic N) is 2. The van der Waals surface area contributed by atoms with Crippen molar-refractivity contribution in [3.05, 3.63) is 30.1 Å². The van der Waals surface area contributed by atoms with Crippen LogP contribution in [0.3, 0.4) is 0 Å². The minimum Gasteiger partial charge on any atom is -0.333 e. The molecule has 1 amide bonds. The van der Waals surface area contributed by atoms with E-state index in [2.05, 4.69) is 4.98 Å². The third-order valence-corrected chi connectivity index (χ3v) is 3.38. The van der Waals surface area contributed by atoms with Crippen LogP contribution in [-0.2, 0) is 11.3 Å². The monoisotopic (exact) mass is 287 g/mol. The van der Waals surface area contributed by atoms with E-state index in [1.165, 1.54) is 17.3 Å². The fourth-order valence-corrected chi connectivity index (χ4v) is 1.86. The molecule has 0 aliphatic heterocycles. The SMILES string of the molecule is CC(N)(C(=O)N(Cc1ccncc1)C1CC1)C(F)(F)F. The van der Waals surface area contributed by atoms with Gasteiger partial charge in [0.05, 0.1) is 0 Å². The molecule has 7 heteroatoms. The summed E-state index contributed by atoms with van der Waals surface area (Å²) in [5.41, 5.74) is 3.10. The van der Waals surface area contributed by atoms with Crippen LogP contribution in [0.2, 0.25) is 0 Å². The number of nitrogens with two attached hydrogens (primary N) is 1. The fourth-order valence-electron chi connectivity index (χ4n) is 1.86. The van der Waals surface area contributed by atoms with E-state index in [1.807, 2.05) is 0 Å². The van der Waals surface area contributed by atoms with Crippen LogP contribution < -0.4 is 5.73 Å². The van der Waals surface area contributed by atoms with Gasteiger partial charge in [-0.3, -0.25) is 9.78 Å². The summed E-state index contributed by atoms with van der Waals surface area (Å²) in [6.45, 7) is 0.839. The van der Waals surface area contributed by atoms with Crippen LogP contribution in [0.25, 0.3) is 0 Å². The van der Waals surface area contributed by atoms with Gasteiger partial charge in [0.2, 0.25) is 0 Å². The highest BCUT2D eigenvalue weighted by atomic mass is 19.4. The van der Waals surface area contributed by atoms with Gasteiger partial charge in [0.25, 0.3) is 5.91 Å². The first-order chi connectivity index (χ1) is 9.23. The van der Waals surface area contributed by atoms with Gasteiger partial charge in [0, 0.05) is 25.0 Å². The molecule has 4 nitrogen and oxygen atoms in total. The molecular weight excluding hydrogens is 271 g/mol. The number of carbonyl (C=O) groups excluding carboxylic acids is 1. The highest BCUT2D eigenvalue weighted by Crippen LogP contribution is 2.35. The highest BCUT2D eigenvalue weighted by molar-refractivity contribution is 5.87. The molecule has 0 bridgehead atoms. The van der Waals surface area contributed by atoms with Gasteiger partial charge in [-0.2, -0.15) is 13.2 Å². The maximum atomic E-state index is 12.9. The van der Waals surface area contributed by atoms with Gasteiger partial charge >= 0.3 is 6.18 Å². The number of aromatic nitrogens is 1. The largest absolute Gasteiger partial charge is 0.415 e. The van der Waals surface area contributed by atoms with Gasteiger partial charge in [-0.1, -0.05) is 0 Å². The van der Waals surface area contributed by atoms with E-state index >= 15 is 0 Å². The first kappa shape index (κ1) is 14.8. The van der Waals surface area contributed by atoms with Crippen molar-refractivity contribution >= 4 is 5.91 Å². The lowest BCUT2D eigenvalue weighted by atomic mass is 10.0. The molecule has 2 N–H and O–H groups in total. The average Bonchev–Trinajstić information content (AvgIpc) is 3.19. The Labute approximate surface area is 114 Å². The molecule has 0 spiro atoms. The Morgan fingerprint density at radius 2 is 1.95 bits per heavy atom. The van der Waals surface area contributed by atoms with Gasteiger partial charge in [-0.25, -0.2) is 0 Å². The summed E-state index contributed by atoms with van der Waals surface area (Å²) in [6, 6.07) is 3.19. The summed E-state index contributed by atoms with van der Waals surface area (Å²) in [6.07, 6.45) is -0.266. The topological polar surface area (TPSA) is 59.2 Å². The Morgan fingerprint density at radius 1 is 1.40 bits per heavy atom. The van der Waals surface area contributed by atoms with Gasteiger partial charge < -0.3 is 10.6 Å². The molecule has 20 heavy (non-hydrogen) atoms. The number of alkyl halides is 3. The lowest BCUT2D eigenvalue weighted by Crippen LogP contribution is -2.62. The maximum Gasteiger partial charge on any atom is 0.415 e. The second-order valence-corrected chi connectivity index (χ2v) is 5.22. The first-order valence-electron chi connectivity index (χ1n) is 6.29. The zero-order chi connectivity index (χ0) is 15.0. The van der Waals surface area contributed by atoms with Crippen LogP contribution in [0.5, 0.6) is 0 Å². The summed E-state index contributed by atoms with van der Waals surface area (Å²) in [4.78, 5) is 17.2. The van der Waals surface area contributed by atoms with Crippen LogP contribution >= 0.6 is 0 Å². The Kier molecular flexibility index (Phi) is 3.73. The van der Waals surface area contributed by atoms with Crippen LogP contribution in [0.15, 0.2) is 24.5 Å². The minimum absolute atomic E-state index is 0.120. The van der Waals surface area contributed by atoms with E-state index in [1.54, 1.807) is 12.1 Å². The van der Waals surface area contributed by atoms with Crippen molar-refractivity contribution in [2.75, 3.05) is 0 Å². The Balaban J connectivity index is 2.19. The highest BCUT2D eigenvalue weighted by Gasteiger charge is 2.56. The molecule has 1 fully saturated rings. The number of carbonyl (C=O) groups is 1. The van der Waals surface area contributed by atoms with E-state index in [4.69, 9.17) is 5.73 Å². The quantitative estimate of drug-likeness (QED) is 0.919. The van der Waals surface area contributed by atoms with Gasteiger partial charge in [-0.05, 0) is 37.5 Å². The molecule has 110 valence electrons. The molecule has 0 saturated heterocycles. The molecule has 1 aliphatic carbocycles. The molecule has 0 radical (unpaired) electrons. The lowest BCUT2D eigenvalue weighted by Gasteiger charge is -2.33. The second-order valence-electron chi connectivity index (χ2n) is 5.22. The summed E-state index contributed by atoms with van der Waals surface area (Å²) in [7, 11) is 0. The normalized spacial score (nSPS) is 18.4. The van der Waals surface area contributed by atoms with Crippen molar-refractivity contribution < 1.29 is 18.0 Å². The van der Waals surface area contributed by atoms with Crippen molar-refractivity contribution in [1.82, 2.24) is 9.88 Å². The minimum atomic E-state index is -4.77. The standard InChI is InChI=1S/C13H16F3N3O/c1-12(17,13(14,15)16)11(20)19(10-2-3-10)8-9-4-6-18-7-5-9/h4-7,10H,2-3,8,17H2,1H3. The van der Waals surface area contributed by atoms with Crippen molar-refractivity contribution in [2.24, 2.45) is 5.73 Å². The Morgan fingerprint density at radius 3 is 2.40 bits per heavy atom. The molecule has 1 saturated carbocycles. The maximum absolute atomic E-state index is 12.9. The van der Waals surface area contributed by atoms with Crippen molar-refractivity contribution in [2.45, 2.75) is 44.1 Å². The molecule has 0 aromatic carbocycles. The molecule has 1 aliphatic rings. The second kappa shape index (κ2) is 5.05. The van der Waals surface area contributed by atoms with E-state index < -0.39 is 17.6 Å². The summed E-state index contributed by atoms with van der Waals surface area (Å²) < 4.78 is 38.7. The number of rotatable bonds is 4. The molecule has 1 atom stereocenters. The fraction of sp³-hybridized carbons (Fsp3) is 0.538. The van der Waals surface area contributed by atoms with Gasteiger partial charge in [0.1, 0.15) is 0 Å². The average molecular weight is 287 g/mol. The van der Waals surface area contributed by atoms with Crippen LogP contribution in [-0.4, -0.2) is 33.5 Å². The van der Waals surface area contributed by atoms with Crippen molar-refractivity contribution in [3.8, 4) is 0 Å². The van der Waals surface area contributed by atoms with Crippen molar-refractivity contribution in [1.29, 1.82) is 0 Å². The van der Waals surface area contributed by atoms with Crippen LogP contribution in [0.1, 0.15) is 25.3 Å². The third kappa shape index (κ3) is 2.92. The summed E-state index contributed by atoms with van der Waals surface area (Å²) in [5.74, 6) is -1.08. The molecule has 2 rings (SSSR count). The van der Waals surface area contributed by atoms with Crippen LogP contribution in [0, 0.1) is 0 Å². The Bertz CT molecular complexity index is 483. The van der Waals surface area contributed by atoms with Gasteiger partial charge in [-0.15, -0.1) is 0 Å². The first-order valence-corrected chi connectivity index (χ1v) is 6.29. The van der Waals surface area contributed by atoms with Crippen molar-refractivity contribution in [3.63, 3.8) is 0 Å². The lowest BCUT2D eigenvalue weighted by molar-refractivity contribution is -0.194. The summed E-state index contributed by atoms with van der Waals surface area (Å²) in [5, 5.41) is 0. The number of amides is 1. The zero-order valence-electron chi connectivity index (χ0n) is 11.0. The van der Waals surface area contributed by atoms with E-state index in [9.17, 15) is 18.0 Å². The van der Waals surface area contributed by atoms with E-state index in [0.29, 0.717) is 12.8 Å². The number of hydrogen-bond acceptors (Lipinski definition) is 3. The summed E-state index contributed by atoms with van der Waals surface area (Å²) >= 11 is 0. The number of halogens is 3.